The van der Waals surface area contributed by atoms with Gasteiger partial charge in [0.15, 0.2) is 0 Å². The number of hydrogen-bond donors (Lipinski definition) is 1. The van der Waals surface area contributed by atoms with Crippen molar-refractivity contribution in [2.45, 2.75) is 26.8 Å². The fourth-order valence-corrected chi connectivity index (χ4v) is 2.71. The molecule has 1 heterocycles. The van der Waals surface area contributed by atoms with Gasteiger partial charge in [-0.05, 0) is 30.5 Å². The minimum Gasteiger partial charge on any atom is -0.381 e. The van der Waals surface area contributed by atoms with E-state index in [0.717, 1.165) is 11.6 Å². The Morgan fingerprint density at radius 2 is 2.12 bits per heavy atom. The molecule has 0 bridgehead atoms. The number of likely N-dealkylation sites (N-methyl/N-ethyl adjacent to an activating group) is 1. The van der Waals surface area contributed by atoms with Crippen LogP contribution in [0, 0.1) is 12.8 Å². The lowest BCUT2D eigenvalue weighted by Gasteiger charge is -2.39. The topological polar surface area (TPSA) is 15.3 Å². The summed E-state index contributed by atoms with van der Waals surface area (Å²) in [6, 6.07) is 4.59. The molecule has 1 unspecified atom stereocenters. The largest absolute Gasteiger partial charge is 0.381 e. The summed E-state index contributed by atoms with van der Waals surface area (Å²) in [5, 5.41) is 4.33. The summed E-state index contributed by atoms with van der Waals surface area (Å²) in [4.78, 5) is 2.34. The first-order valence-corrected chi connectivity index (χ1v) is 6.15. The van der Waals surface area contributed by atoms with Crippen molar-refractivity contribution < 1.29 is 0 Å². The smallest absolute Gasteiger partial charge is 0.0620 e. The average Bonchev–Trinajstić information content (AvgIpc) is 2.19. The summed E-state index contributed by atoms with van der Waals surface area (Å²) in [6.45, 7) is 7.61. The molecule has 0 spiro atoms. The number of rotatable bonds is 1. The van der Waals surface area contributed by atoms with Crippen LogP contribution >= 0.6 is 11.6 Å². The van der Waals surface area contributed by atoms with Gasteiger partial charge in [0, 0.05) is 24.7 Å². The normalized spacial score (nSPS) is 19.6. The molecule has 1 aromatic carbocycles. The zero-order valence-corrected chi connectivity index (χ0v) is 11.1. The highest BCUT2D eigenvalue weighted by atomic mass is 35.5. The van der Waals surface area contributed by atoms with Gasteiger partial charge in [-0.3, -0.25) is 0 Å². The average molecular weight is 239 g/mol. The first-order chi connectivity index (χ1) is 7.50. The number of halogens is 1. The number of nitrogens with zero attached hydrogens (tertiary/aromatic N) is 1. The van der Waals surface area contributed by atoms with Crippen LogP contribution in [-0.4, -0.2) is 19.6 Å². The van der Waals surface area contributed by atoms with Gasteiger partial charge in [0.05, 0.1) is 11.4 Å². The molecule has 1 aliphatic rings. The van der Waals surface area contributed by atoms with Crippen LogP contribution < -0.4 is 10.2 Å². The van der Waals surface area contributed by atoms with E-state index < -0.39 is 0 Å². The Bertz CT molecular complexity index is 401. The molecule has 0 fully saturated rings. The summed E-state index contributed by atoms with van der Waals surface area (Å²) < 4.78 is 0. The van der Waals surface area contributed by atoms with E-state index in [4.69, 9.17) is 11.6 Å². The van der Waals surface area contributed by atoms with Gasteiger partial charge in [-0.1, -0.05) is 25.4 Å². The van der Waals surface area contributed by atoms with Gasteiger partial charge in [-0.15, -0.1) is 0 Å². The predicted molar refractivity (Wildman–Crippen MR) is 71.7 cm³/mol. The van der Waals surface area contributed by atoms with Crippen molar-refractivity contribution in [1.82, 2.24) is 0 Å². The first-order valence-electron chi connectivity index (χ1n) is 5.77. The van der Waals surface area contributed by atoms with Gasteiger partial charge in [0.25, 0.3) is 0 Å². The third kappa shape index (κ3) is 1.86. The number of nitrogens with one attached hydrogen (secondary N) is 1. The van der Waals surface area contributed by atoms with Crippen molar-refractivity contribution in [3.63, 3.8) is 0 Å². The van der Waals surface area contributed by atoms with Crippen LogP contribution in [0.5, 0.6) is 0 Å². The highest BCUT2D eigenvalue weighted by Gasteiger charge is 2.26. The maximum atomic E-state index is 6.12. The monoisotopic (exact) mass is 238 g/mol. The Morgan fingerprint density at radius 1 is 1.44 bits per heavy atom. The molecule has 0 aliphatic carbocycles. The standard InChI is InChI=1S/C13H19ClN2/c1-8(2)12-7-15-13-9(3)5-10(14)6-11(13)16(12)4/h5-6,8,12,15H,7H2,1-4H3. The van der Waals surface area contributed by atoms with Gasteiger partial charge in [0.2, 0.25) is 0 Å². The zero-order chi connectivity index (χ0) is 11.9. The summed E-state index contributed by atoms with van der Waals surface area (Å²) in [7, 11) is 2.15. The molecule has 16 heavy (non-hydrogen) atoms. The molecule has 2 rings (SSSR count). The van der Waals surface area contributed by atoms with E-state index in [9.17, 15) is 0 Å². The summed E-state index contributed by atoms with van der Waals surface area (Å²) in [5.74, 6) is 0.630. The Hall–Kier alpha value is -0.890. The van der Waals surface area contributed by atoms with Crippen molar-refractivity contribution in [2.24, 2.45) is 5.92 Å². The molecule has 0 aromatic heterocycles. The lowest BCUT2D eigenvalue weighted by Crippen LogP contribution is -2.45. The zero-order valence-electron chi connectivity index (χ0n) is 10.3. The van der Waals surface area contributed by atoms with Crippen LogP contribution in [0.1, 0.15) is 19.4 Å². The summed E-state index contributed by atoms with van der Waals surface area (Å²) in [5.41, 5.74) is 3.66. The van der Waals surface area contributed by atoms with E-state index in [2.05, 4.69) is 38.0 Å². The van der Waals surface area contributed by atoms with Gasteiger partial charge >= 0.3 is 0 Å². The molecule has 3 heteroatoms. The third-order valence-electron chi connectivity index (χ3n) is 3.41. The van der Waals surface area contributed by atoms with Crippen LogP contribution in [0.2, 0.25) is 5.02 Å². The Balaban J connectivity index is 2.44. The van der Waals surface area contributed by atoms with Crippen molar-refractivity contribution >= 4 is 23.0 Å². The predicted octanol–water partition coefficient (Wildman–Crippen LogP) is 3.53. The fourth-order valence-electron chi connectivity index (χ4n) is 2.44. The van der Waals surface area contributed by atoms with Crippen LogP contribution in [0.25, 0.3) is 0 Å². The molecule has 0 saturated heterocycles. The van der Waals surface area contributed by atoms with Crippen LogP contribution in [0.3, 0.4) is 0 Å². The van der Waals surface area contributed by atoms with E-state index in [1.807, 2.05) is 12.1 Å². The molecular formula is C13H19ClN2. The number of hydrogen-bond acceptors (Lipinski definition) is 2. The SMILES string of the molecule is Cc1cc(Cl)cc2c1NCC(C(C)C)N2C. The highest BCUT2D eigenvalue weighted by Crippen LogP contribution is 2.37. The second-order valence-corrected chi connectivity index (χ2v) is 5.36. The first kappa shape index (κ1) is 11.6. The van der Waals surface area contributed by atoms with E-state index in [-0.39, 0.29) is 0 Å². The van der Waals surface area contributed by atoms with Crippen molar-refractivity contribution in [2.75, 3.05) is 23.8 Å². The number of aryl methyl sites for hydroxylation is 1. The van der Waals surface area contributed by atoms with Crippen molar-refractivity contribution in [3.05, 3.63) is 22.7 Å². The quantitative estimate of drug-likeness (QED) is 0.805. The Kier molecular flexibility index (Phi) is 3.02. The molecule has 1 N–H and O–H groups in total. The van der Waals surface area contributed by atoms with Crippen LogP contribution in [0.4, 0.5) is 11.4 Å². The number of benzene rings is 1. The number of anilines is 2. The molecular weight excluding hydrogens is 220 g/mol. The van der Waals surface area contributed by atoms with Gasteiger partial charge < -0.3 is 10.2 Å². The minimum atomic E-state index is 0.533. The van der Waals surface area contributed by atoms with Gasteiger partial charge in [-0.25, -0.2) is 0 Å². The summed E-state index contributed by atoms with van der Waals surface area (Å²) >= 11 is 6.12. The molecule has 0 radical (unpaired) electrons. The Labute approximate surface area is 103 Å². The third-order valence-corrected chi connectivity index (χ3v) is 3.63. The van der Waals surface area contributed by atoms with E-state index in [0.29, 0.717) is 12.0 Å². The molecule has 88 valence electrons. The van der Waals surface area contributed by atoms with Gasteiger partial charge in [0.1, 0.15) is 0 Å². The minimum absolute atomic E-state index is 0.533. The van der Waals surface area contributed by atoms with Crippen molar-refractivity contribution in [3.8, 4) is 0 Å². The molecule has 1 aromatic rings. The maximum Gasteiger partial charge on any atom is 0.0620 e. The fraction of sp³-hybridized carbons (Fsp3) is 0.538. The van der Waals surface area contributed by atoms with Crippen LogP contribution in [-0.2, 0) is 0 Å². The molecule has 0 amide bonds. The maximum absolute atomic E-state index is 6.12. The Morgan fingerprint density at radius 3 is 2.75 bits per heavy atom. The second kappa shape index (κ2) is 4.17. The second-order valence-electron chi connectivity index (χ2n) is 4.92. The van der Waals surface area contributed by atoms with E-state index in [1.54, 1.807) is 0 Å². The lowest BCUT2D eigenvalue weighted by atomic mass is 9.98. The van der Waals surface area contributed by atoms with Gasteiger partial charge in [-0.2, -0.15) is 0 Å². The van der Waals surface area contributed by atoms with E-state index >= 15 is 0 Å². The molecule has 0 saturated carbocycles. The van der Waals surface area contributed by atoms with E-state index in [1.165, 1.54) is 16.9 Å². The van der Waals surface area contributed by atoms with Crippen LogP contribution in [0.15, 0.2) is 12.1 Å². The molecule has 1 aliphatic heterocycles. The highest BCUT2D eigenvalue weighted by molar-refractivity contribution is 6.31. The molecule has 2 nitrogen and oxygen atoms in total. The van der Waals surface area contributed by atoms with Crippen molar-refractivity contribution in [1.29, 1.82) is 0 Å². The number of fused-ring (bicyclic) bond motifs is 1. The molecule has 1 atom stereocenters. The summed E-state index contributed by atoms with van der Waals surface area (Å²) in [6.07, 6.45) is 0. The lowest BCUT2D eigenvalue weighted by molar-refractivity contribution is 0.482.